The molecule has 0 spiro atoms. The zero-order chi connectivity index (χ0) is 13.3. The highest BCUT2D eigenvalue weighted by Gasteiger charge is 2.30. The van der Waals surface area contributed by atoms with Gasteiger partial charge in [0.05, 0.1) is 18.8 Å². The third kappa shape index (κ3) is 2.04. The van der Waals surface area contributed by atoms with Gasteiger partial charge in [-0.3, -0.25) is 0 Å². The van der Waals surface area contributed by atoms with Crippen LogP contribution in [0.25, 0.3) is 0 Å². The van der Waals surface area contributed by atoms with Gasteiger partial charge in [0.1, 0.15) is 0 Å². The molecular weight excluding hydrogens is 247 g/mol. The van der Waals surface area contributed by atoms with Gasteiger partial charge in [0.2, 0.25) is 0 Å². The van der Waals surface area contributed by atoms with E-state index in [0.717, 1.165) is 6.07 Å². The van der Waals surface area contributed by atoms with Crippen molar-refractivity contribution in [3.8, 4) is 17.2 Å². The van der Waals surface area contributed by atoms with Crippen molar-refractivity contribution in [1.29, 1.82) is 0 Å². The molecule has 18 heavy (non-hydrogen) atoms. The fraction of sp³-hybridized carbons (Fsp3) is 0.364. The van der Waals surface area contributed by atoms with Crippen LogP contribution in [0.2, 0.25) is 0 Å². The number of aliphatic carboxylic acids is 1. The predicted molar refractivity (Wildman–Crippen MR) is 56.3 cm³/mol. The summed E-state index contributed by atoms with van der Waals surface area (Å²) in [6.07, 6.45) is -1.56. The second kappa shape index (κ2) is 4.69. The zero-order valence-corrected chi connectivity index (χ0v) is 9.22. The Balaban J connectivity index is 2.61. The van der Waals surface area contributed by atoms with Crippen molar-refractivity contribution in [2.75, 3.05) is 13.2 Å². The number of carboxylic acids is 1. The molecule has 1 unspecified atom stereocenters. The van der Waals surface area contributed by atoms with E-state index in [9.17, 15) is 19.4 Å². The number of fused-ring (bicyclic) bond motifs is 1. The van der Waals surface area contributed by atoms with Crippen LogP contribution in [0, 0.1) is 5.82 Å². The van der Waals surface area contributed by atoms with Crippen LogP contribution < -0.4 is 9.47 Å². The number of hydrogen-bond acceptors (Lipinski definition) is 5. The Morgan fingerprint density at radius 3 is 2.72 bits per heavy atom. The summed E-state index contributed by atoms with van der Waals surface area (Å²) in [5, 5.41) is 27.8. The zero-order valence-electron chi connectivity index (χ0n) is 9.22. The van der Waals surface area contributed by atoms with Crippen LogP contribution in [-0.2, 0) is 4.79 Å². The fourth-order valence-electron chi connectivity index (χ4n) is 1.67. The van der Waals surface area contributed by atoms with Crippen LogP contribution >= 0.6 is 0 Å². The Hall–Kier alpha value is -2.02. The first-order chi connectivity index (χ1) is 8.52. The van der Waals surface area contributed by atoms with Crippen LogP contribution in [0.15, 0.2) is 6.07 Å². The Morgan fingerprint density at radius 1 is 1.39 bits per heavy atom. The molecule has 1 aromatic rings. The Labute approximate surface area is 101 Å². The van der Waals surface area contributed by atoms with Crippen molar-refractivity contribution in [1.82, 2.24) is 0 Å². The molecular formula is C11H11FO6. The Kier molecular flexibility index (Phi) is 3.24. The molecule has 7 heteroatoms. The molecule has 1 heterocycles. The number of carbonyl (C=O) groups is 1. The molecule has 1 aliphatic rings. The number of phenolic OH excluding ortho intramolecular Hbond substituents is 1. The number of carboxylic acid groups (broad SMARTS) is 1. The van der Waals surface area contributed by atoms with Crippen molar-refractivity contribution >= 4 is 5.97 Å². The summed E-state index contributed by atoms with van der Waals surface area (Å²) >= 11 is 0. The predicted octanol–water partition coefficient (Wildman–Crippen LogP) is 0.811. The SMILES string of the molecule is O=C(O)C(O)c1c(O)c(F)cc2c1OCCCO2. The normalized spacial score (nSPS) is 15.9. The second-order valence-corrected chi connectivity index (χ2v) is 3.74. The van der Waals surface area contributed by atoms with Gasteiger partial charge < -0.3 is 24.8 Å². The molecule has 0 aromatic heterocycles. The number of aliphatic hydroxyl groups is 1. The number of ether oxygens (including phenoxy) is 2. The van der Waals surface area contributed by atoms with Gasteiger partial charge in [-0.1, -0.05) is 0 Å². The van der Waals surface area contributed by atoms with Crippen LogP contribution in [0.3, 0.4) is 0 Å². The van der Waals surface area contributed by atoms with Crippen LogP contribution in [0.5, 0.6) is 17.2 Å². The van der Waals surface area contributed by atoms with Gasteiger partial charge in [-0.15, -0.1) is 0 Å². The number of hydrogen-bond donors (Lipinski definition) is 3. The van der Waals surface area contributed by atoms with E-state index in [-0.39, 0.29) is 24.7 Å². The molecule has 1 atom stereocenters. The van der Waals surface area contributed by atoms with Gasteiger partial charge in [-0.25, -0.2) is 9.18 Å². The van der Waals surface area contributed by atoms with Gasteiger partial charge in [0.25, 0.3) is 0 Å². The van der Waals surface area contributed by atoms with E-state index in [1.807, 2.05) is 0 Å². The molecule has 0 saturated carbocycles. The number of aliphatic hydroxyl groups excluding tert-OH is 1. The smallest absolute Gasteiger partial charge is 0.337 e. The first-order valence-corrected chi connectivity index (χ1v) is 5.24. The van der Waals surface area contributed by atoms with Crippen molar-refractivity contribution in [2.24, 2.45) is 0 Å². The van der Waals surface area contributed by atoms with Crippen molar-refractivity contribution < 1.29 is 34.0 Å². The molecule has 1 aliphatic heterocycles. The van der Waals surface area contributed by atoms with Gasteiger partial charge in [-0.05, 0) is 0 Å². The maximum atomic E-state index is 13.4. The minimum absolute atomic E-state index is 0.0295. The molecule has 0 saturated heterocycles. The molecule has 0 aliphatic carbocycles. The number of benzene rings is 1. The maximum Gasteiger partial charge on any atom is 0.337 e. The van der Waals surface area contributed by atoms with Crippen molar-refractivity contribution in [3.05, 3.63) is 17.4 Å². The van der Waals surface area contributed by atoms with E-state index in [2.05, 4.69) is 0 Å². The molecule has 1 aromatic carbocycles. The highest BCUT2D eigenvalue weighted by molar-refractivity contribution is 5.77. The lowest BCUT2D eigenvalue weighted by molar-refractivity contribution is -0.147. The molecule has 0 amide bonds. The molecule has 2 rings (SSSR count). The molecule has 6 nitrogen and oxygen atoms in total. The minimum atomic E-state index is -2.09. The minimum Gasteiger partial charge on any atom is -0.504 e. The van der Waals surface area contributed by atoms with Gasteiger partial charge in [0.15, 0.2) is 29.2 Å². The number of halogens is 1. The van der Waals surface area contributed by atoms with E-state index in [1.54, 1.807) is 0 Å². The van der Waals surface area contributed by atoms with E-state index in [4.69, 9.17) is 14.6 Å². The maximum absolute atomic E-state index is 13.4. The lowest BCUT2D eigenvalue weighted by Crippen LogP contribution is -2.13. The lowest BCUT2D eigenvalue weighted by atomic mass is 10.1. The lowest BCUT2D eigenvalue weighted by Gasteiger charge is -2.16. The quantitative estimate of drug-likeness (QED) is 0.726. The van der Waals surface area contributed by atoms with E-state index in [1.165, 1.54) is 0 Å². The molecule has 3 N–H and O–H groups in total. The Morgan fingerprint density at radius 2 is 2.06 bits per heavy atom. The summed E-state index contributed by atoms with van der Waals surface area (Å²) in [5.41, 5.74) is -0.528. The first-order valence-electron chi connectivity index (χ1n) is 5.24. The molecule has 0 bridgehead atoms. The number of phenols is 1. The van der Waals surface area contributed by atoms with Gasteiger partial charge in [0, 0.05) is 12.5 Å². The fourth-order valence-corrected chi connectivity index (χ4v) is 1.67. The third-order valence-corrected chi connectivity index (χ3v) is 2.51. The standard InChI is InChI=1S/C11H11FO6/c12-5-4-6-10(18-3-1-2-17-6)7(8(5)13)9(14)11(15)16/h4,9,13-14H,1-3H2,(H,15,16). The van der Waals surface area contributed by atoms with Crippen molar-refractivity contribution in [3.63, 3.8) is 0 Å². The summed E-state index contributed by atoms with van der Waals surface area (Å²) in [7, 11) is 0. The van der Waals surface area contributed by atoms with Gasteiger partial charge >= 0.3 is 5.97 Å². The van der Waals surface area contributed by atoms with Crippen LogP contribution in [-0.4, -0.2) is 34.5 Å². The van der Waals surface area contributed by atoms with Crippen LogP contribution in [0.4, 0.5) is 4.39 Å². The largest absolute Gasteiger partial charge is 0.504 e. The van der Waals surface area contributed by atoms with E-state index >= 15 is 0 Å². The highest BCUT2D eigenvalue weighted by atomic mass is 19.1. The molecule has 98 valence electrons. The number of rotatable bonds is 2. The second-order valence-electron chi connectivity index (χ2n) is 3.74. The van der Waals surface area contributed by atoms with Crippen molar-refractivity contribution in [2.45, 2.75) is 12.5 Å². The van der Waals surface area contributed by atoms with Gasteiger partial charge in [-0.2, -0.15) is 0 Å². The van der Waals surface area contributed by atoms with Crippen LogP contribution in [0.1, 0.15) is 18.1 Å². The highest BCUT2D eigenvalue weighted by Crippen LogP contribution is 2.43. The summed E-state index contributed by atoms with van der Waals surface area (Å²) < 4.78 is 23.8. The summed E-state index contributed by atoms with van der Waals surface area (Å²) in [5.74, 6) is -3.81. The Bertz CT molecular complexity index is 487. The summed E-state index contributed by atoms with van der Waals surface area (Å²) in [6, 6.07) is 0.897. The summed E-state index contributed by atoms with van der Waals surface area (Å²) in [6.45, 7) is 0.497. The molecule has 0 radical (unpaired) electrons. The summed E-state index contributed by atoms with van der Waals surface area (Å²) in [4.78, 5) is 10.8. The van der Waals surface area contributed by atoms with E-state index in [0.29, 0.717) is 6.42 Å². The average Bonchev–Trinajstić information content (AvgIpc) is 2.55. The topological polar surface area (TPSA) is 96.2 Å². The average molecular weight is 258 g/mol. The molecule has 0 fully saturated rings. The third-order valence-electron chi connectivity index (χ3n) is 2.51. The monoisotopic (exact) mass is 258 g/mol. The van der Waals surface area contributed by atoms with E-state index < -0.39 is 29.2 Å². The first kappa shape index (κ1) is 12.4. The number of aromatic hydroxyl groups is 1.